The molecule has 0 bridgehead atoms. The van der Waals surface area contributed by atoms with E-state index in [1.807, 2.05) is 38.1 Å². The normalized spacial score (nSPS) is 12.3. The summed E-state index contributed by atoms with van der Waals surface area (Å²) in [5.41, 5.74) is 0.963. The van der Waals surface area contributed by atoms with Crippen molar-refractivity contribution < 1.29 is 38.6 Å². The summed E-state index contributed by atoms with van der Waals surface area (Å²) in [6.45, 7) is 16.9. The predicted octanol–water partition coefficient (Wildman–Crippen LogP) is 6.17. The summed E-state index contributed by atoms with van der Waals surface area (Å²) >= 11 is 0. The number of pyridine rings is 4. The van der Waals surface area contributed by atoms with E-state index in [0.29, 0.717) is 22.8 Å². The fraction of sp³-hybridized carbons (Fsp3) is 0.310. The fourth-order valence-corrected chi connectivity index (χ4v) is 6.34. The maximum Gasteiger partial charge on any atom is 2.00 e. The second kappa shape index (κ2) is 11.4. The Morgan fingerprint density at radius 1 is 0.600 bits per heavy atom. The number of halogens is 4. The molecule has 11 heteroatoms. The van der Waals surface area contributed by atoms with Crippen LogP contribution < -0.4 is 10.4 Å². The quantitative estimate of drug-likeness (QED) is 0.102. The average molecular weight is 762 g/mol. The van der Waals surface area contributed by atoms with E-state index in [1.54, 1.807) is 0 Å². The Kier molecular flexibility index (Phi) is 9.09. The molecule has 0 atom stereocenters. The average Bonchev–Trinajstić information content (AvgIpc) is 2.82. The minimum atomic E-state index is -1.94. The third-order valence-electron chi connectivity index (χ3n) is 6.67. The molecule has 4 aromatic rings. The van der Waals surface area contributed by atoms with E-state index in [2.05, 4.69) is 61.4 Å². The van der Waals surface area contributed by atoms with Gasteiger partial charge in [0.25, 0.3) is 0 Å². The van der Waals surface area contributed by atoms with E-state index in [1.165, 1.54) is 0 Å². The minimum absolute atomic E-state index is 0. The van der Waals surface area contributed by atoms with Crippen molar-refractivity contribution in [1.82, 2.24) is 19.9 Å². The molecule has 0 spiro atoms. The first-order valence-corrected chi connectivity index (χ1v) is 19.5. The summed E-state index contributed by atoms with van der Waals surface area (Å²) in [5, 5.41) is 2.02. The zero-order valence-corrected chi connectivity index (χ0v) is 27.9. The molecule has 4 nitrogen and oxygen atoms in total. The first kappa shape index (κ1) is 32.0. The van der Waals surface area contributed by atoms with Crippen LogP contribution in [0.25, 0.3) is 22.5 Å². The van der Waals surface area contributed by atoms with Gasteiger partial charge in [0.1, 0.15) is 23.8 Å². The molecule has 0 aliphatic rings. The summed E-state index contributed by atoms with van der Waals surface area (Å²) < 4.78 is 56.5. The Labute approximate surface area is 249 Å². The van der Waals surface area contributed by atoms with Gasteiger partial charge in [-0.1, -0.05) is 85.0 Å². The van der Waals surface area contributed by atoms with Gasteiger partial charge in [-0.25, -0.2) is 17.6 Å². The van der Waals surface area contributed by atoms with Crippen LogP contribution in [0.4, 0.5) is 17.6 Å². The van der Waals surface area contributed by atoms with Crippen molar-refractivity contribution >= 4 is 26.5 Å². The zero-order chi connectivity index (χ0) is 28.9. The second-order valence-corrected chi connectivity index (χ2v) is 22.3. The van der Waals surface area contributed by atoms with Crippen LogP contribution in [0.5, 0.6) is 0 Å². The van der Waals surface area contributed by atoms with Crippen molar-refractivity contribution in [3.63, 3.8) is 0 Å². The van der Waals surface area contributed by atoms with Gasteiger partial charge >= 0.3 is 21.1 Å². The minimum Gasteiger partial charge on any atom is -0.300 e. The second-order valence-electron chi connectivity index (χ2n) is 12.2. The van der Waals surface area contributed by atoms with Crippen molar-refractivity contribution in [1.29, 1.82) is 0 Å². The summed E-state index contributed by atoms with van der Waals surface area (Å²) in [6.07, 6.45) is 0. The number of nitrogens with zero attached hydrogens (tertiary/aromatic N) is 4. The molecule has 0 N–H and O–H groups in total. The van der Waals surface area contributed by atoms with E-state index >= 15 is 0 Å². The Bertz CT molecular complexity index is 1450. The third kappa shape index (κ3) is 6.66. The molecular weight excluding hydrogens is 732 g/mol. The van der Waals surface area contributed by atoms with Gasteiger partial charge in [0.15, 0.2) is 0 Å². The molecule has 0 aliphatic heterocycles. The number of hydrogen-bond donors (Lipinski definition) is 0. The topological polar surface area (TPSA) is 51.6 Å². The summed E-state index contributed by atoms with van der Waals surface area (Å²) in [7, 11) is -3.87. The predicted molar refractivity (Wildman–Crippen MR) is 151 cm³/mol. The molecule has 4 heterocycles. The van der Waals surface area contributed by atoms with Crippen LogP contribution >= 0.6 is 0 Å². The van der Waals surface area contributed by atoms with Crippen molar-refractivity contribution in [3.8, 4) is 22.5 Å². The van der Waals surface area contributed by atoms with Gasteiger partial charge in [-0.3, -0.25) is 9.97 Å². The van der Waals surface area contributed by atoms with Crippen LogP contribution in [0.2, 0.25) is 39.3 Å². The van der Waals surface area contributed by atoms with E-state index < -0.39 is 45.4 Å². The van der Waals surface area contributed by atoms with E-state index in [4.69, 9.17) is 9.97 Å². The Balaban J connectivity index is 0.00000441. The van der Waals surface area contributed by atoms with Crippen LogP contribution in [0.3, 0.4) is 0 Å². The van der Waals surface area contributed by atoms with Gasteiger partial charge in [-0.15, -0.1) is 12.1 Å². The van der Waals surface area contributed by atoms with Gasteiger partial charge < -0.3 is 9.97 Å². The van der Waals surface area contributed by atoms with E-state index in [0.717, 1.165) is 22.5 Å². The largest absolute Gasteiger partial charge is 2.00 e. The third-order valence-corrected chi connectivity index (χ3v) is 10.7. The molecule has 4 aromatic heterocycles. The Hall–Kier alpha value is -2.56. The molecule has 0 fully saturated rings. The van der Waals surface area contributed by atoms with Gasteiger partial charge in [0.2, 0.25) is 0 Å². The molecule has 212 valence electrons. The maximum absolute atomic E-state index is 14.7. The first-order chi connectivity index (χ1) is 18.0. The fourth-order valence-electron chi connectivity index (χ4n) is 4.06. The molecule has 0 aliphatic carbocycles. The van der Waals surface area contributed by atoms with Crippen molar-refractivity contribution in [2.75, 3.05) is 0 Å². The standard InChI is InChI=1S/C29H30F4N4Si2.Pt/c1-29(2,23-15-17(38(3,4)5)13-21(34-23)19-9-11-25(30)36-27(19)32)24-16-18(39(6,7)8)14-22(35-24)20-10-12-26(31)37-28(20)33;/h11-16H,1-8H3;/q-2;+2. The van der Waals surface area contributed by atoms with Crippen LogP contribution in [0.15, 0.2) is 36.4 Å². The summed E-state index contributed by atoms with van der Waals surface area (Å²) in [6, 6.07) is 14.9. The van der Waals surface area contributed by atoms with Gasteiger partial charge in [-0.05, 0) is 37.4 Å². The maximum atomic E-state index is 14.7. The molecule has 4 rings (SSSR count). The molecule has 0 amide bonds. The zero-order valence-electron chi connectivity index (χ0n) is 23.6. The molecule has 40 heavy (non-hydrogen) atoms. The van der Waals surface area contributed by atoms with Crippen molar-refractivity contribution in [3.05, 3.63) is 83.7 Å². The molecule has 0 saturated heterocycles. The first-order valence-electron chi connectivity index (χ1n) is 12.5. The van der Waals surface area contributed by atoms with Gasteiger partial charge in [-0.2, -0.15) is 0 Å². The smallest absolute Gasteiger partial charge is 0.300 e. The van der Waals surface area contributed by atoms with E-state index in [-0.39, 0.29) is 32.2 Å². The van der Waals surface area contributed by atoms with Crippen molar-refractivity contribution in [2.24, 2.45) is 0 Å². The monoisotopic (exact) mass is 761 g/mol. The number of rotatable bonds is 6. The summed E-state index contributed by atoms with van der Waals surface area (Å²) in [5.74, 6) is -3.90. The van der Waals surface area contributed by atoms with Crippen LogP contribution in [0.1, 0.15) is 25.2 Å². The van der Waals surface area contributed by atoms with Gasteiger partial charge in [0.05, 0.1) is 16.1 Å². The number of aromatic nitrogens is 4. The van der Waals surface area contributed by atoms with Crippen LogP contribution in [-0.4, -0.2) is 36.1 Å². The van der Waals surface area contributed by atoms with E-state index in [9.17, 15) is 17.6 Å². The number of hydrogen-bond acceptors (Lipinski definition) is 4. The molecule has 0 unspecified atom stereocenters. The molecule has 0 radical (unpaired) electrons. The van der Waals surface area contributed by atoms with Crippen molar-refractivity contribution in [2.45, 2.75) is 58.5 Å². The Morgan fingerprint density at radius 2 is 0.950 bits per heavy atom. The molecular formula is C29H30F4N4PtSi2. The Morgan fingerprint density at radius 3 is 1.25 bits per heavy atom. The van der Waals surface area contributed by atoms with Gasteiger partial charge in [0, 0.05) is 16.8 Å². The van der Waals surface area contributed by atoms with Crippen LogP contribution in [0, 0.1) is 35.9 Å². The molecule has 0 aromatic carbocycles. The SMILES string of the molecule is CC(C)(c1cc([Si](C)(C)C)cc(-c2[c-]cc(F)nc2F)n1)c1cc([Si](C)(C)C)cc(-c2[c-]cc(F)nc2F)n1.[Pt+2]. The summed E-state index contributed by atoms with van der Waals surface area (Å²) in [4.78, 5) is 16.2. The molecule has 0 saturated carbocycles. The van der Waals surface area contributed by atoms with Crippen LogP contribution in [-0.2, 0) is 26.5 Å².